The number of allylic oxidation sites excluding steroid dienone is 2. The van der Waals surface area contributed by atoms with E-state index < -0.39 is 5.97 Å². The van der Waals surface area contributed by atoms with Gasteiger partial charge in [0.15, 0.2) is 0 Å². The summed E-state index contributed by atoms with van der Waals surface area (Å²) in [6.45, 7) is 2.27. The van der Waals surface area contributed by atoms with E-state index in [4.69, 9.17) is 5.11 Å². The second-order valence-electron chi connectivity index (χ2n) is 6.99. The molecule has 0 rings (SSSR count). The van der Waals surface area contributed by atoms with Gasteiger partial charge in [-0.1, -0.05) is 51.2 Å². The number of likely N-dealkylation sites (N-methyl/N-ethyl adjacent to an activating group) is 1. The number of hydrogen-bond acceptors (Lipinski definition) is 3. The van der Waals surface area contributed by atoms with E-state index in [-0.39, 0.29) is 6.54 Å². The zero-order valence-corrected chi connectivity index (χ0v) is 16.4. The van der Waals surface area contributed by atoms with Crippen molar-refractivity contribution < 1.29 is 14.7 Å². The molecule has 0 aromatic heterocycles. The molecule has 1 N–H and O–H groups in total. The molecule has 0 heterocycles. The molecule has 0 saturated heterocycles. The molecular formula is C21H39NO3. The van der Waals surface area contributed by atoms with Crippen LogP contribution >= 0.6 is 0 Å². The highest BCUT2D eigenvalue weighted by Gasteiger charge is 2.14. The van der Waals surface area contributed by atoms with Crippen LogP contribution in [-0.4, -0.2) is 41.9 Å². The largest absolute Gasteiger partial charge is 0.480 e. The molecule has 0 amide bonds. The Balaban J connectivity index is 3.47. The zero-order valence-electron chi connectivity index (χ0n) is 16.4. The lowest BCUT2D eigenvalue weighted by atomic mass is 10.0. The predicted octanol–water partition coefficient (Wildman–Crippen LogP) is 5.22. The minimum atomic E-state index is -0.743. The summed E-state index contributed by atoms with van der Waals surface area (Å²) in [7, 11) is 1.91. The molecular weight excluding hydrogens is 314 g/mol. The van der Waals surface area contributed by atoms with Crippen molar-refractivity contribution in [2.75, 3.05) is 13.6 Å². The number of aldehydes is 1. The molecule has 0 fully saturated rings. The topological polar surface area (TPSA) is 57.6 Å². The molecule has 4 heteroatoms. The van der Waals surface area contributed by atoms with Crippen molar-refractivity contribution in [3.63, 3.8) is 0 Å². The van der Waals surface area contributed by atoms with Gasteiger partial charge in [-0.15, -0.1) is 0 Å². The summed E-state index contributed by atoms with van der Waals surface area (Å²) in [5, 5.41) is 8.86. The summed E-state index contributed by atoms with van der Waals surface area (Å²) in [6, 6.07) is 0.387. The third-order valence-corrected chi connectivity index (χ3v) is 4.75. The van der Waals surface area contributed by atoms with Crippen molar-refractivity contribution in [3.8, 4) is 0 Å². The Kier molecular flexibility index (Phi) is 16.8. The molecule has 0 aliphatic heterocycles. The Hall–Kier alpha value is -1.16. The molecule has 1 unspecified atom stereocenters. The van der Waals surface area contributed by atoms with Gasteiger partial charge >= 0.3 is 5.97 Å². The van der Waals surface area contributed by atoms with Crippen molar-refractivity contribution in [3.05, 3.63) is 12.2 Å². The lowest BCUT2D eigenvalue weighted by Crippen LogP contribution is -2.35. The van der Waals surface area contributed by atoms with E-state index in [0.29, 0.717) is 6.04 Å². The van der Waals surface area contributed by atoms with Gasteiger partial charge in [-0.05, 0) is 52.0 Å². The van der Waals surface area contributed by atoms with E-state index in [2.05, 4.69) is 19.1 Å². The number of carboxylic acid groups (broad SMARTS) is 1. The standard InChI is InChI=1S/C21H39NO3/c1-3-20(22(2)19-21(24)25)17-15-13-11-9-7-5-4-6-8-10-12-14-16-18-23/h5,7,18,20H,3-4,6,8-17,19H2,1-2H3,(H,24,25)/b7-5-. The van der Waals surface area contributed by atoms with E-state index >= 15 is 0 Å². The molecule has 0 aliphatic rings. The Labute approximate surface area is 154 Å². The van der Waals surface area contributed by atoms with E-state index in [9.17, 15) is 9.59 Å². The van der Waals surface area contributed by atoms with Crippen LogP contribution < -0.4 is 0 Å². The third kappa shape index (κ3) is 16.1. The minimum absolute atomic E-state index is 0.137. The van der Waals surface area contributed by atoms with E-state index in [1.165, 1.54) is 51.4 Å². The van der Waals surface area contributed by atoms with Crippen LogP contribution in [0, 0.1) is 0 Å². The highest BCUT2D eigenvalue weighted by Crippen LogP contribution is 2.13. The maximum Gasteiger partial charge on any atom is 0.317 e. The van der Waals surface area contributed by atoms with Crippen LogP contribution in [0.2, 0.25) is 0 Å². The first-order valence-corrected chi connectivity index (χ1v) is 10.1. The fourth-order valence-corrected chi connectivity index (χ4v) is 3.15. The normalized spacial score (nSPS) is 12.8. The Morgan fingerprint density at radius 2 is 1.44 bits per heavy atom. The number of rotatable bonds is 18. The fraction of sp³-hybridized carbons (Fsp3) is 0.810. The van der Waals surface area contributed by atoms with Crippen molar-refractivity contribution in [2.45, 2.75) is 96.4 Å². The molecule has 0 aromatic rings. The van der Waals surface area contributed by atoms with Crippen LogP contribution in [0.5, 0.6) is 0 Å². The van der Waals surface area contributed by atoms with Gasteiger partial charge < -0.3 is 9.90 Å². The summed E-state index contributed by atoms with van der Waals surface area (Å²) in [5.41, 5.74) is 0. The van der Waals surface area contributed by atoms with Crippen LogP contribution in [0.15, 0.2) is 12.2 Å². The average molecular weight is 354 g/mol. The first-order valence-electron chi connectivity index (χ1n) is 10.1. The van der Waals surface area contributed by atoms with Gasteiger partial charge in [0.05, 0.1) is 6.54 Å². The van der Waals surface area contributed by atoms with Crippen molar-refractivity contribution >= 4 is 12.3 Å². The number of carbonyl (C=O) groups is 2. The Bertz CT molecular complexity index is 355. The van der Waals surface area contributed by atoms with Gasteiger partial charge in [0.25, 0.3) is 0 Å². The first-order chi connectivity index (χ1) is 12.1. The smallest absolute Gasteiger partial charge is 0.317 e. The molecule has 0 bridgehead atoms. The molecule has 0 saturated carbocycles. The number of unbranched alkanes of at least 4 members (excludes halogenated alkanes) is 9. The Morgan fingerprint density at radius 1 is 0.920 bits per heavy atom. The summed E-state index contributed by atoms with van der Waals surface area (Å²) >= 11 is 0. The lowest BCUT2D eigenvalue weighted by molar-refractivity contribution is -0.138. The number of aliphatic carboxylic acids is 1. The molecule has 0 aromatic carbocycles. The fourth-order valence-electron chi connectivity index (χ4n) is 3.15. The van der Waals surface area contributed by atoms with Crippen LogP contribution in [0.25, 0.3) is 0 Å². The summed E-state index contributed by atoms with van der Waals surface area (Å²) in [4.78, 5) is 22.9. The van der Waals surface area contributed by atoms with Crippen molar-refractivity contribution in [2.24, 2.45) is 0 Å². The maximum atomic E-state index is 10.8. The van der Waals surface area contributed by atoms with Gasteiger partial charge in [0.1, 0.15) is 6.29 Å². The molecule has 1 atom stereocenters. The second kappa shape index (κ2) is 17.7. The minimum Gasteiger partial charge on any atom is -0.480 e. The lowest BCUT2D eigenvalue weighted by Gasteiger charge is -2.25. The molecule has 4 nitrogen and oxygen atoms in total. The molecule has 0 spiro atoms. The van der Waals surface area contributed by atoms with Crippen LogP contribution in [0.4, 0.5) is 0 Å². The molecule has 25 heavy (non-hydrogen) atoms. The Morgan fingerprint density at radius 3 is 1.96 bits per heavy atom. The average Bonchev–Trinajstić information content (AvgIpc) is 2.57. The third-order valence-electron chi connectivity index (χ3n) is 4.75. The number of hydrogen-bond donors (Lipinski definition) is 1. The van der Waals surface area contributed by atoms with Crippen LogP contribution in [-0.2, 0) is 9.59 Å². The highest BCUT2D eigenvalue weighted by molar-refractivity contribution is 5.69. The molecule has 0 aliphatic carbocycles. The molecule has 0 radical (unpaired) electrons. The number of nitrogens with zero attached hydrogens (tertiary/aromatic N) is 1. The number of carboxylic acids is 1. The first kappa shape index (κ1) is 23.8. The molecule has 146 valence electrons. The summed E-state index contributed by atoms with van der Waals surface area (Å²) < 4.78 is 0. The predicted molar refractivity (Wildman–Crippen MR) is 105 cm³/mol. The van der Waals surface area contributed by atoms with Crippen LogP contribution in [0.1, 0.15) is 90.4 Å². The summed E-state index contributed by atoms with van der Waals surface area (Å²) in [6.07, 6.45) is 20.4. The van der Waals surface area contributed by atoms with Gasteiger partial charge in [-0.2, -0.15) is 0 Å². The monoisotopic (exact) mass is 353 g/mol. The van der Waals surface area contributed by atoms with E-state index in [1.807, 2.05) is 11.9 Å². The van der Waals surface area contributed by atoms with Crippen molar-refractivity contribution in [1.82, 2.24) is 4.90 Å². The van der Waals surface area contributed by atoms with E-state index in [0.717, 1.165) is 38.4 Å². The highest BCUT2D eigenvalue weighted by atomic mass is 16.4. The SMILES string of the molecule is CCC(CCCCC/C=C\CCCCCCCC=O)N(C)CC(=O)O. The quantitative estimate of drug-likeness (QED) is 0.208. The number of carbonyl (C=O) groups excluding carboxylic acids is 1. The van der Waals surface area contributed by atoms with Gasteiger partial charge in [-0.25, -0.2) is 0 Å². The summed E-state index contributed by atoms with van der Waals surface area (Å²) in [5.74, 6) is -0.743. The van der Waals surface area contributed by atoms with Gasteiger partial charge in [0.2, 0.25) is 0 Å². The zero-order chi connectivity index (χ0) is 18.8. The van der Waals surface area contributed by atoms with Gasteiger partial charge in [-0.3, -0.25) is 9.69 Å². The second-order valence-corrected chi connectivity index (χ2v) is 6.99. The maximum absolute atomic E-state index is 10.8. The van der Waals surface area contributed by atoms with Crippen molar-refractivity contribution in [1.29, 1.82) is 0 Å². The van der Waals surface area contributed by atoms with E-state index in [1.54, 1.807) is 0 Å². The van der Waals surface area contributed by atoms with Gasteiger partial charge in [0, 0.05) is 12.5 Å². The van der Waals surface area contributed by atoms with Crippen LogP contribution in [0.3, 0.4) is 0 Å².